The highest BCUT2D eigenvalue weighted by atomic mass is 32.2. The molecule has 3 heterocycles. The average molecular weight is 449 g/mol. The molecule has 0 unspecified atom stereocenters. The maximum Gasteiger partial charge on any atom is 0.275 e. The summed E-state index contributed by atoms with van der Waals surface area (Å²) in [5.41, 5.74) is 1.75. The molecule has 2 fully saturated rings. The fraction of sp³-hybridized carbons (Fsp3) is 0.524. The Morgan fingerprint density at radius 1 is 1.03 bits per heavy atom. The molecule has 4 rings (SSSR count). The third kappa shape index (κ3) is 4.53. The second-order valence-corrected chi connectivity index (χ2v) is 10.9. The summed E-state index contributed by atoms with van der Waals surface area (Å²) in [4.78, 5) is 19.5. The minimum atomic E-state index is -3.58. The van der Waals surface area contributed by atoms with E-state index in [1.807, 2.05) is 13.0 Å². The zero-order chi connectivity index (χ0) is 21.1. The van der Waals surface area contributed by atoms with Crippen molar-refractivity contribution < 1.29 is 13.2 Å². The number of aromatic nitrogens is 1. The first-order valence-electron chi connectivity index (χ1n) is 10.6. The largest absolute Gasteiger partial charge is 0.370 e. The van der Waals surface area contributed by atoms with Crippen LogP contribution >= 0.6 is 11.3 Å². The van der Waals surface area contributed by atoms with Gasteiger partial charge in [-0.15, -0.1) is 11.3 Å². The van der Waals surface area contributed by atoms with Gasteiger partial charge >= 0.3 is 0 Å². The van der Waals surface area contributed by atoms with Crippen LogP contribution < -0.4 is 10.2 Å². The Hall–Kier alpha value is -1.97. The SMILES string of the molecule is Cc1nc(C(=O)Nc2cc(S(=O)(=O)N3CCCCC3)ccc2N2CCCCC2)cs1. The number of hydrogen-bond donors (Lipinski definition) is 1. The van der Waals surface area contributed by atoms with E-state index in [9.17, 15) is 13.2 Å². The summed E-state index contributed by atoms with van der Waals surface area (Å²) >= 11 is 1.42. The van der Waals surface area contributed by atoms with E-state index < -0.39 is 10.0 Å². The van der Waals surface area contributed by atoms with Crippen molar-refractivity contribution >= 4 is 38.6 Å². The third-order valence-electron chi connectivity index (χ3n) is 5.72. The Labute approximate surface area is 182 Å². The molecular formula is C21H28N4O3S2. The number of amides is 1. The third-order valence-corrected chi connectivity index (χ3v) is 8.39. The average Bonchev–Trinajstić information content (AvgIpc) is 3.21. The maximum absolute atomic E-state index is 13.2. The van der Waals surface area contributed by atoms with E-state index in [1.165, 1.54) is 17.8 Å². The molecule has 2 aromatic rings. The minimum absolute atomic E-state index is 0.231. The molecule has 2 saturated heterocycles. The van der Waals surface area contributed by atoms with E-state index >= 15 is 0 Å². The van der Waals surface area contributed by atoms with Gasteiger partial charge in [0.25, 0.3) is 5.91 Å². The van der Waals surface area contributed by atoms with Gasteiger partial charge in [-0.2, -0.15) is 4.31 Å². The van der Waals surface area contributed by atoms with E-state index in [4.69, 9.17) is 0 Å². The predicted molar refractivity (Wildman–Crippen MR) is 120 cm³/mol. The molecule has 9 heteroatoms. The summed E-state index contributed by atoms with van der Waals surface area (Å²) in [6.07, 6.45) is 6.21. The quantitative estimate of drug-likeness (QED) is 0.751. The lowest BCUT2D eigenvalue weighted by molar-refractivity contribution is 0.102. The molecule has 0 radical (unpaired) electrons. The van der Waals surface area contributed by atoms with E-state index in [1.54, 1.807) is 21.8 Å². The molecule has 1 amide bonds. The Morgan fingerprint density at radius 2 is 1.70 bits per heavy atom. The van der Waals surface area contributed by atoms with Crippen molar-refractivity contribution in [2.24, 2.45) is 0 Å². The van der Waals surface area contributed by atoms with Gasteiger partial charge in [0.15, 0.2) is 0 Å². The van der Waals surface area contributed by atoms with Crippen LogP contribution in [0.2, 0.25) is 0 Å². The van der Waals surface area contributed by atoms with Crippen molar-refractivity contribution in [2.45, 2.75) is 50.3 Å². The Morgan fingerprint density at radius 3 is 2.33 bits per heavy atom. The topological polar surface area (TPSA) is 82.6 Å². The molecule has 1 aromatic heterocycles. The zero-order valence-corrected chi connectivity index (χ0v) is 18.9. The number of aryl methyl sites for hydroxylation is 1. The number of benzene rings is 1. The van der Waals surface area contributed by atoms with Crippen LogP contribution in [0.1, 0.15) is 54.0 Å². The minimum Gasteiger partial charge on any atom is -0.370 e. The molecule has 162 valence electrons. The highest BCUT2D eigenvalue weighted by Crippen LogP contribution is 2.33. The predicted octanol–water partition coefficient (Wildman–Crippen LogP) is 3.87. The van der Waals surface area contributed by atoms with Crippen LogP contribution in [0.25, 0.3) is 0 Å². The number of anilines is 2. The molecule has 0 saturated carbocycles. The number of nitrogens with zero attached hydrogens (tertiary/aromatic N) is 3. The molecule has 1 aromatic carbocycles. The summed E-state index contributed by atoms with van der Waals surface area (Å²) in [5.74, 6) is -0.315. The van der Waals surface area contributed by atoms with Gasteiger partial charge in [-0.3, -0.25) is 4.79 Å². The Bertz CT molecular complexity index is 1010. The summed E-state index contributed by atoms with van der Waals surface area (Å²) in [6, 6.07) is 5.13. The van der Waals surface area contributed by atoms with Gasteiger partial charge in [-0.25, -0.2) is 13.4 Å². The van der Waals surface area contributed by atoms with Crippen molar-refractivity contribution in [3.8, 4) is 0 Å². The first-order valence-corrected chi connectivity index (χ1v) is 12.9. The van der Waals surface area contributed by atoms with Gasteiger partial charge in [-0.1, -0.05) is 6.42 Å². The van der Waals surface area contributed by atoms with E-state index in [0.717, 1.165) is 55.9 Å². The number of hydrogen-bond acceptors (Lipinski definition) is 6. The van der Waals surface area contributed by atoms with Crippen LogP contribution in [-0.2, 0) is 10.0 Å². The molecule has 0 bridgehead atoms. The van der Waals surface area contributed by atoms with Crippen molar-refractivity contribution in [1.29, 1.82) is 0 Å². The van der Waals surface area contributed by atoms with Gasteiger partial charge < -0.3 is 10.2 Å². The molecule has 7 nitrogen and oxygen atoms in total. The highest BCUT2D eigenvalue weighted by molar-refractivity contribution is 7.89. The van der Waals surface area contributed by atoms with Crippen molar-refractivity contribution in [3.05, 3.63) is 34.3 Å². The molecular weight excluding hydrogens is 420 g/mol. The van der Waals surface area contributed by atoms with Crippen molar-refractivity contribution in [2.75, 3.05) is 36.4 Å². The lowest BCUT2D eigenvalue weighted by Crippen LogP contribution is -2.35. The highest BCUT2D eigenvalue weighted by Gasteiger charge is 2.28. The van der Waals surface area contributed by atoms with Crippen LogP contribution in [0.3, 0.4) is 0 Å². The molecule has 2 aliphatic heterocycles. The smallest absolute Gasteiger partial charge is 0.275 e. The summed E-state index contributed by atoms with van der Waals surface area (Å²) in [6.45, 7) is 4.76. The molecule has 30 heavy (non-hydrogen) atoms. The summed E-state index contributed by atoms with van der Waals surface area (Å²) in [7, 11) is -3.58. The van der Waals surface area contributed by atoms with E-state index in [-0.39, 0.29) is 10.8 Å². The number of piperidine rings is 2. The first-order chi connectivity index (χ1) is 14.4. The van der Waals surface area contributed by atoms with Gasteiger partial charge in [0.2, 0.25) is 10.0 Å². The fourth-order valence-electron chi connectivity index (χ4n) is 4.09. The first kappa shape index (κ1) is 21.3. The molecule has 2 aliphatic rings. The number of carbonyl (C=O) groups is 1. The monoisotopic (exact) mass is 448 g/mol. The van der Waals surface area contributed by atoms with E-state index in [2.05, 4.69) is 15.2 Å². The van der Waals surface area contributed by atoms with Crippen LogP contribution in [0.5, 0.6) is 0 Å². The number of sulfonamides is 1. The van der Waals surface area contributed by atoms with Crippen LogP contribution in [0.4, 0.5) is 11.4 Å². The Kier molecular flexibility index (Phi) is 6.40. The van der Waals surface area contributed by atoms with Crippen molar-refractivity contribution in [3.63, 3.8) is 0 Å². The lowest BCUT2D eigenvalue weighted by atomic mass is 10.1. The maximum atomic E-state index is 13.2. The second-order valence-electron chi connectivity index (χ2n) is 7.90. The van der Waals surface area contributed by atoms with Crippen LogP contribution in [0.15, 0.2) is 28.5 Å². The number of carbonyl (C=O) groups excluding carboxylic acids is 1. The number of thiazole rings is 1. The number of rotatable bonds is 5. The fourth-order valence-corrected chi connectivity index (χ4v) is 6.23. The number of nitrogens with one attached hydrogen (secondary N) is 1. The standard InChI is InChI=1S/C21H28N4O3S2/c1-16-22-19(15-29-16)21(26)23-18-14-17(30(27,28)25-12-6-3-7-13-25)8-9-20(18)24-10-4-2-5-11-24/h8-9,14-15H,2-7,10-13H2,1H3,(H,23,26). The second kappa shape index (κ2) is 9.03. The molecule has 0 aliphatic carbocycles. The van der Waals surface area contributed by atoms with Gasteiger partial charge in [-0.05, 0) is 57.2 Å². The zero-order valence-electron chi connectivity index (χ0n) is 17.3. The molecule has 0 spiro atoms. The summed E-state index contributed by atoms with van der Waals surface area (Å²) in [5, 5.41) is 5.47. The lowest BCUT2D eigenvalue weighted by Gasteiger charge is -2.31. The Balaban J connectivity index is 1.68. The molecule has 1 N–H and O–H groups in total. The normalized spacial score (nSPS) is 18.4. The van der Waals surface area contributed by atoms with Crippen LogP contribution in [-0.4, -0.2) is 49.8 Å². The van der Waals surface area contributed by atoms with E-state index in [0.29, 0.717) is 24.5 Å². The van der Waals surface area contributed by atoms with Crippen LogP contribution in [0, 0.1) is 6.92 Å². The van der Waals surface area contributed by atoms with Gasteiger partial charge in [0, 0.05) is 31.6 Å². The molecule has 0 atom stereocenters. The van der Waals surface area contributed by atoms with Crippen molar-refractivity contribution in [1.82, 2.24) is 9.29 Å². The summed E-state index contributed by atoms with van der Waals surface area (Å²) < 4.78 is 27.9. The van der Waals surface area contributed by atoms with Gasteiger partial charge in [0.1, 0.15) is 5.69 Å². The van der Waals surface area contributed by atoms with Gasteiger partial charge in [0.05, 0.1) is 21.3 Å².